The van der Waals surface area contributed by atoms with Crippen LogP contribution in [0.1, 0.15) is 5.56 Å². The second kappa shape index (κ2) is 4.94. The molecule has 0 bridgehead atoms. The van der Waals surface area contributed by atoms with Crippen molar-refractivity contribution in [1.29, 1.82) is 0 Å². The van der Waals surface area contributed by atoms with E-state index in [0.717, 1.165) is 11.6 Å². The first kappa shape index (κ1) is 12.8. The second-order valence-electron chi connectivity index (χ2n) is 3.95. The summed E-state index contributed by atoms with van der Waals surface area (Å²) in [5.74, 6) is -1.29. The smallest absolute Gasteiger partial charge is 0.149 e. The first-order chi connectivity index (χ1) is 8.47. The lowest BCUT2D eigenvalue weighted by Gasteiger charge is -2.12. The van der Waals surface area contributed by atoms with Crippen LogP contribution in [0.5, 0.6) is 0 Å². The van der Waals surface area contributed by atoms with Crippen molar-refractivity contribution >= 4 is 33.0 Å². The van der Waals surface area contributed by atoms with Gasteiger partial charge >= 0.3 is 0 Å². The van der Waals surface area contributed by atoms with Gasteiger partial charge in [-0.15, -0.1) is 0 Å². The van der Waals surface area contributed by atoms with Gasteiger partial charge in [-0.1, -0.05) is 6.07 Å². The van der Waals surface area contributed by atoms with Gasteiger partial charge in [0.15, 0.2) is 0 Å². The van der Waals surface area contributed by atoms with E-state index in [4.69, 9.17) is 5.73 Å². The first-order valence-electron chi connectivity index (χ1n) is 5.25. The fourth-order valence-corrected chi connectivity index (χ4v) is 1.88. The van der Waals surface area contributed by atoms with Crippen LogP contribution in [0.2, 0.25) is 0 Å². The van der Waals surface area contributed by atoms with E-state index in [1.54, 1.807) is 12.1 Å². The minimum atomic E-state index is -0.655. The topological polar surface area (TPSA) is 38.0 Å². The molecule has 0 fully saturated rings. The molecular formula is C13H11BrF2N2. The normalized spacial score (nSPS) is 10.4. The lowest BCUT2D eigenvalue weighted by atomic mass is 10.1. The van der Waals surface area contributed by atoms with E-state index in [9.17, 15) is 8.78 Å². The Bertz CT molecular complexity index is 600. The Morgan fingerprint density at radius 3 is 2.50 bits per heavy atom. The third-order valence-electron chi connectivity index (χ3n) is 2.54. The number of hydrogen-bond donors (Lipinski definition) is 2. The highest BCUT2D eigenvalue weighted by atomic mass is 79.9. The van der Waals surface area contributed by atoms with Gasteiger partial charge in [0.2, 0.25) is 0 Å². The predicted molar refractivity (Wildman–Crippen MR) is 72.9 cm³/mol. The van der Waals surface area contributed by atoms with E-state index in [-0.39, 0.29) is 10.2 Å². The molecule has 5 heteroatoms. The molecule has 0 amide bonds. The highest BCUT2D eigenvalue weighted by molar-refractivity contribution is 9.10. The molecular weight excluding hydrogens is 302 g/mol. The maximum atomic E-state index is 13.6. The molecule has 94 valence electrons. The van der Waals surface area contributed by atoms with Gasteiger partial charge in [-0.25, -0.2) is 8.78 Å². The van der Waals surface area contributed by atoms with Crippen molar-refractivity contribution in [1.82, 2.24) is 0 Å². The van der Waals surface area contributed by atoms with E-state index >= 15 is 0 Å². The Labute approximate surface area is 112 Å². The van der Waals surface area contributed by atoms with Crippen LogP contribution in [0.15, 0.2) is 34.8 Å². The minimum absolute atomic E-state index is 0.192. The van der Waals surface area contributed by atoms with Crippen molar-refractivity contribution < 1.29 is 8.78 Å². The summed E-state index contributed by atoms with van der Waals surface area (Å²) in [6, 6.07) is 7.47. The number of hydrogen-bond acceptors (Lipinski definition) is 2. The highest BCUT2D eigenvalue weighted by Crippen LogP contribution is 2.28. The lowest BCUT2D eigenvalue weighted by molar-refractivity contribution is 0.581. The fraction of sp³-hybridized carbons (Fsp3) is 0.0769. The molecule has 0 unspecified atom stereocenters. The largest absolute Gasteiger partial charge is 0.399 e. The summed E-state index contributed by atoms with van der Waals surface area (Å²) >= 11 is 3.02. The van der Waals surface area contributed by atoms with Gasteiger partial charge in [0, 0.05) is 17.4 Å². The minimum Gasteiger partial charge on any atom is -0.399 e. The van der Waals surface area contributed by atoms with Crippen molar-refractivity contribution in [3.63, 3.8) is 0 Å². The van der Waals surface area contributed by atoms with Crippen LogP contribution in [0.25, 0.3) is 0 Å². The molecule has 0 atom stereocenters. The SMILES string of the molecule is Cc1ccc(N)cc1Nc1cc(Br)c(F)cc1F. The molecule has 0 saturated carbocycles. The van der Waals surface area contributed by atoms with Crippen LogP contribution in [-0.2, 0) is 0 Å². The maximum Gasteiger partial charge on any atom is 0.149 e. The van der Waals surface area contributed by atoms with Gasteiger partial charge in [0.25, 0.3) is 0 Å². The lowest BCUT2D eigenvalue weighted by Crippen LogP contribution is -1.98. The molecule has 0 aliphatic carbocycles. The van der Waals surface area contributed by atoms with Gasteiger partial charge in [0.1, 0.15) is 11.6 Å². The molecule has 0 aliphatic rings. The Hall–Kier alpha value is -1.62. The number of halogens is 3. The van der Waals surface area contributed by atoms with E-state index in [0.29, 0.717) is 11.4 Å². The molecule has 0 aromatic heterocycles. The van der Waals surface area contributed by atoms with Crippen LogP contribution in [-0.4, -0.2) is 0 Å². The van der Waals surface area contributed by atoms with Gasteiger partial charge in [-0.3, -0.25) is 0 Å². The molecule has 2 nitrogen and oxygen atoms in total. The maximum absolute atomic E-state index is 13.6. The van der Waals surface area contributed by atoms with E-state index in [1.807, 2.05) is 13.0 Å². The number of rotatable bonds is 2. The van der Waals surface area contributed by atoms with E-state index < -0.39 is 11.6 Å². The number of nitrogens with one attached hydrogen (secondary N) is 1. The quantitative estimate of drug-likeness (QED) is 0.638. The third kappa shape index (κ3) is 2.61. The van der Waals surface area contributed by atoms with Crippen LogP contribution < -0.4 is 11.1 Å². The number of nitrogens with two attached hydrogens (primary N) is 1. The summed E-state index contributed by atoms with van der Waals surface area (Å²) in [7, 11) is 0. The van der Waals surface area contributed by atoms with Crippen molar-refractivity contribution in [2.75, 3.05) is 11.1 Å². The van der Waals surface area contributed by atoms with Gasteiger partial charge < -0.3 is 11.1 Å². The summed E-state index contributed by atoms with van der Waals surface area (Å²) < 4.78 is 26.9. The van der Waals surface area contributed by atoms with Crippen LogP contribution in [0.4, 0.5) is 25.8 Å². The molecule has 18 heavy (non-hydrogen) atoms. The van der Waals surface area contributed by atoms with Crippen LogP contribution in [0.3, 0.4) is 0 Å². The number of aryl methyl sites for hydroxylation is 1. The number of nitrogen functional groups attached to an aromatic ring is 1. The molecule has 0 saturated heterocycles. The molecule has 0 heterocycles. The zero-order chi connectivity index (χ0) is 13.3. The highest BCUT2D eigenvalue weighted by Gasteiger charge is 2.09. The molecule has 0 radical (unpaired) electrons. The summed E-state index contributed by atoms with van der Waals surface area (Å²) in [6.45, 7) is 1.87. The van der Waals surface area contributed by atoms with Gasteiger partial charge in [0.05, 0.1) is 10.2 Å². The number of anilines is 3. The van der Waals surface area contributed by atoms with Crippen LogP contribution in [0, 0.1) is 18.6 Å². The van der Waals surface area contributed by atoms with Gasteiger partial charge in [-0.2, -0.15) is 0 Å². The van der Waals surface area contributed by atoms with Crippen LogP contribution >= 0.6 is 15.9 Å². The Morgan fingerprint density at radius 2 is 1.78 bits per heavy atom. The van der Waals surface area contributed by atoms with Crippen molar-refractivity contribution in [2.45, 2.75) is 6.92 Å². The average molecular weight is 313 g/mol. The summed E-state index contributed by atoms with van der Waals surface area (Å²) in [5.41, 5.74) is 8.04. The fourth-order valence-electron chi connectivity index (χ4n) is 1.54. The molecule has 2 rings (SSSR count). The zero-order valence-corrected chi connectivity index (χ0v) is 11.2. The second-order valence-corrected chi connectivity index (χ2v) is 4.80. The number of benzene rings is 2. The monoisotopic (exact) mass is 312 g/mol. The summed E-state index contributed by atoms with van der Waals surface area (Å²) in [4.78, 5) is 0. The Kier molecular flexibility index (Phi) is 3.52. The average Bonchev–Trinajstić information content (AvgIpc) is 2.30. The van der Waals surface area contributed by atoms with Crippen molar-refractivity contribution in [3.8, 4) is 0 Å². The molecule has 0 aliphatic heterocycles. The van der Waals surface area contributed by atoms with Crippen molar-refractivity contribution in [2.24, 2.45) is 0 Å². The van der Waals surface area contributed by atoms with Gasteiger partial charge in [-0.05, 0) is 46.6 Å². The molecule has 2 aromatic rings. The summed E-state index contributed by atoms with van der Waals surface area (Å²) in [6.07, 6.45) is 0. The molecule has 0 spiro atoms. The van der Waals surface area contributed by atoms with E-state index in [1.165, 1.54) is 6.07 Å². The Balaban J connectivity index is 2.40. The standard InChI is InChI=1S/C13H11BrF2N2/c1-7-2-3-8(17)4-12(7)18-13-5-9(14)10(15)6-11(13)16/h2-6,18H,17H2,1H3. The molecule has 2 aromatic carbocycles. The third-order valence-corrected chi connectivity index (χ3v) is 3.15. The van der Waals surface area contributed by atoms with Crippen molar-refractivity contribution in [3.05, 3.63) is 52.0 Å². The first-order valence-corrected chi connectivity index (χ1v) is 6.04. The zero-order valence-electron chi connectivity index (χ0n) is 9.60. The predicted octanol–water partition coefficient (Wildman–Crippen LogP) is 4.36. The molecule has 3 N–H and O–H groups in total. The summed E-state index contributed by atoms with van der Waals surface area (Å²) in [5, 5.41) is 2.90. The van der Waals surface area contributed by atoms with E-state index in [2.05, 4.69) is 21.2 Å². The Morgan fingerprint density at radius 1 is 1.06 bits per heavy atom.